The Labute approximate surface area is 177 Å². The number of hydrogen-bond acceptors (Lipinski definition) is 5. The van der Waals surface area contributed by atoms with Gasteiger partial charge in [0.2, 0.25) is 0 Å². The maximum Gasteiger partial charge on any atom is 0.343 e. The number of esters is 1. The quantitative estimate of drug-likeness (QED) is 0.239. The van der Waals surface area contributed by atoms with Crippen LogP contribution in [0.4, 0.5) is 0 Å². The number of rotatable bonds is 5. The van der Waals surface area contributed by atoms with Gasteiger partial charge in [0.1, 0.15) is 5.75 Å². The molecule has 0 saturated carbocycles. The zero-order valence-electron chi connectivity index (χ0n) is 14.3. The van der Waals surface area contributed by atoms with Crippen molar-refractivity contribution >= 4 is 50.0 Å². The molecule has 140 valence electrons. The number of carbonyl (C=O) groups is 2. The number of carbonyl (C=O) groups excluding carboxylic acids is 2. The molecule has 1 N–H and O–H groups in total. The monoisotopic (exact) mass is 501 g/mol. The van der Waals surface area contributed by atoms with Crippen molar-refractivity contribution in [3.63, 3.8) is 0 Å². The summed E-state index contributed by atoms with van der Waals surface area (Å²) in [5, 5.41) is 3.95. The summed E-state index contributed by atoms with van der Waals surface area (Å²) in [6, 6.07) is 15.4. The summed E-state index contributed by atoms with van der Waals surface area (Å²) >= 11 is 6.63. The van der Waals surface area contributed by atoms with Crippen LogP contribution in [0.3, 0.4) is 0 Å². The van der Waals surface area contributed by atoms with E-state index in [0.29, 0.717) is 26.9 Å². The van der Waals surface area contributed by atoms with Gasteiger partial charge in [0.25, 0.3) is 5.91 Å². The third kappa shape index (κ3) is 5.34. The van der Waals surface area contributed by atoms with E-state index in [-0.39, 0.29) is 0 Å². The van der Waals surface area contributed by atoms with E-state index in [9.17, 15) is 9.59 Å². The van der Waals surface area contributed by atoms with E-state index in [4.69, 9.17) is 4.74 Å². The molecule has 0 spiro atoms. The topological polar surface area (TPSA) is 80.6 Å². The number of nitrogens with zero attached hydrogens (tertiary/aromatic N) is 2. The fraction of sp³-hybridized carbons (Fsp3) is 0. The molecule has 0 aliphatic rings. The van der Waals surface area contributed by atoms with Gasteiger partial charge in [-0.25, -0.2) is 10.2 Å². The molecule has 1 heterocycles. The zero-order chi connectivity index (χ0) is 19.9. The van der Waals surface area contributed by atoms with Crippen molar-refractivity contribution in [2.24, 2.45) is 5.10 Å². The summed E-state index contributed by atoms with van der Waals surface area (Å²) in [5.74, 6) is -0.580. The number of hydrogen-bond donors (Lipinski definition) is 1. The lowest BCUT2D eigenvalue weighted by Gasteiger charge is -2.08. The smallest absolute Gasteiger partial charge is 0.343 e. The molecule has 0 bridgehead atoms. The van der Waals surface area contributed by atoms with Crippen molar-refractivity contribution in [1.29, 1.82) is 0 Å². The van der Waals surface area contributed by atoms with E-state index in [1.54, 1.807) is 54.7 Å². The number of halogens is 2. The van der Waals surface area contributed by atoms with E-state index in [0.717, 1.165) is 4.47 Å². The van der Waals surface area contributed by atoms with Gasteiger partial charge >= 0.3 is 5.97 Å². The lowest BCUT2D eigenvalue weighted by molar-refractivity contribution is 0.0734. The molecular weight excluding hydrogens is 490 g/mol. The maximum atomic E-state index is 12.3. The Morgan fingerprint density at radius 1 is 0.964 bits per heavy atom. The van der Waals surface area contributed by atoms with Crippen LogP contribution in [0.2, 0.25) is 0 Å². The summed E-state index contributed by atoms with van der Waals surface area (Å²) in [6.07, 6.45) is 4.42. The number of pyridine rings is 1. The number of benzene rings is 2. The molecule has 1 amide bonds. The minimum absolute atomic E-state index is 0.319. The molecule has 8 heteroatoms. The third-order valence-electron chi connectivity index (χ3n) is 3.52. The fourth-order valence-electron chi connectivity index (χ4n) is 2.21. The van der Waals surface area contributed by atoms with Gasteiger partial charge in [0.05, 0.1) is 17.3 Å². The summed E-state index contributed by atoms with van der Waals surface area (Å²) in [5.41, 5.74) is 3.73. The van der Waals surface area contributed by atoms with Gasteiger partial charge in [0.15, 0.2) is 0 Å². The Hall–Kier alpha value is -2.84. The van der Waals surface area contributed by atoms with Crippen LogP contribution in [0.25, 0.3) is 0 Å². The maximum absolute atomic E-state index is 12.3. The van der Waals surface area contributed by atoms with E-state index in [2.05, 4.69) is 47.4 Å². The zero-order valence-corrected chi connectivity index (χ0v) is 17.5. The van der Waals surface area contributed by atoms with Crippen LogP contribution < -0.4 is 10.2 Å². The Kier molecular flexibility index (Phi) is 6.67. The van der Waals surface area contributed by atoms with Gasteiger partial charge in [-0.05, 0) is 52.3 Å². The molecule has 0 fully saturated rings. The van der Waals surface area contributed by atoms with E-state index < -0.39 is 11.9 Å². The third-order valence-corrected chi connectivity index (χ3v) is 4.45. The minimum atomic E-state index is -0.484. The second-order valence-electron chi connectivity index (χ2n) is 5.53. The van der Waals surface area contributed by atoms with Crippen LogP contribution in [0.5, 0.6) is 5.75 Å². The van der Waals surface area contributed by atoms with Crippen molar-refractivity contribution in [2.45, 2.75) is 0 Å². The largest absolute Gasteiger partial charge is 0.422 e. The summed E-state index contributed by atoms with van der Waals surface area (Å²) in [6.45, 7) is 0. The first-order valence-electron chi connectivity index (χ1n) is 8.03. The average molecular weight is 503 g/mol. The number of nitrogens with one attached hydrogen (secondary N) is 1. The number of ether oxygens (including phenoxy) is 1. The van der Waals surface area contributed by atoms with Gasteiger partial charge in [-0.2, -0.15) is 5.10 Å². The van der Waals surface area contributed by atoms with Crippen molar-refractivity contribution in [1.82, 2.24) is 10.4 Å². The molecule has 3 rings (SSSR count). The van der Waals surface area contributed by atoms with Crippen molar-refractivity contribution in [2.75, 3.05) is 0 Å². The van der Waals surface area contributed by atoms with Crippen molar-refractivity contribution in [3.8, 4) is 5.75 Å². The van der Waals surface area contributed by atoms with E-state index in [1.165, 1.54) is 12.4 Å². The molecule has 3 aromatic rings. The second-order valence-corrected chi connectivity index (χ2v) is 7.36. The van der Waals surface area contributed by atoms with Crippen LogP contribution in [-0.4, -0.2) is 23.1 Å². The second kappa shape index (κ2) is 9.38. The molecule has 1 aromatic heterocycles. The highest BCUT2D eigenvalue weighted by Gasteiger charge is 2.11. The van der Waals surface area contributed by atoms with Gasteiger partial charge in [-0.3, -0.25) is 9.78 Å². The standard InChI is InChI=1S/C20H13Br2N3O3/c21-16-6-7-18(28-20(27)13-4-2-1-3-5-13)14(8-16)11-24-25-19(26)15-9-17(22)12-23-10-15/h1-12H,(H,25,26)/b24-11+. The lowest BCUT2D eigenvalue weighted by Crippen LogP contribution is -2.18. The normalized spacial score (nSPS) is 10.6. The first-order valence-corrected chi connectivity index (χ1v) is 9.62. The van der Waals surface area contributed by atoms with Gasteiger partial charge < -0.3 is 4.74 Å². The lowest BCUT2D eigenvalue weighted by atomic mass is 10.2. The molecule has 0 aliphatic heterocycles. The van der Waals surface area contributed by atoms with E-state index >= 15 is 0 Å². The molecule has 28 heavy (non-hydrogen) atoms. The fourth-order valence-corrected chi connectivity index (χ4v) is 2.95. The minimum Gasteiger partial charge on any atom is -0.422 e. The number of hydrazone groups is 1. The van der Waals surface area contributed by atoms with Gasteiger partial charge in [0, 0.05) is 26.9 Å². The Morgan fingerprint density at radius 2 is 1.75 bits per heavy atom. The first kappa shape index (κ1) is 19.9. The van der Waals surface area contributed by atoms with Crippen molar-refractivity contribution in [3.05, 3.63) is 92.6 Å². The summed E-state index contributed by atoms with van der Waals surface area (Å²) in [7, 11) is 0. The number of amides is 1. The highest BCUT2D eigenvalue weighted by molar-refractivity contribution is 9.10. The Morgan fingerprint density at radius 3 is 2.50 bits per heavy atom. The molecule has 0 saturated heterocycles. The molecule has 0 aliphatic carbocycles. The highest BCUT2D eigenvalue weighted by atomic mass is 79.9. The summed E-state index contributed by atoms with van der Waals surface area (Å²) in [4.78, 5) is 28.3. The molecule has 0 atom stereocenters. The first-order chi connectivity index (χ1) is 13.5. The summed E-state index contributed by atoms with van der Waals surface area (Å²) < 4.78 is 6.92. The van der Waals surface area contributed by atoms with Crippen LogP contribution >= 0.6 is 31.9 Å². The van der Waals surface area contributed by atoms with E-state index in [1.807, 2.05) is 6.07 Å². The predicted molar refractivity (Wildman–Crippen MR) is 113 cm³/mol. The van der Waals surface area contributed by atoms with Gasteiger partial charge in [-0.15, -0.1) is 0 Å². The van der Waals surface area contributed by atoms with Gasteiger partial charge in [-0.1, -0.05) is 34.1 Å². The highest BCUT2D eigenvalue weighted by Crippen LogP contribution is 2.23. The molecular formula is C20H13Br2N3O3. The molecule has 0 unspecified atom stereocenters. The number of aromatic nitrogens is 1. The van der Waals surface area contributed by atoms with Crippen LogP contribution in [-0.2, 0) is 0 Å². The molecule has 2 aromatic carbocycles. The van der Waals surface area contributed by atoms with Crippen molar-refractivity contribution < 1.29 is 14.3 Å². The Bertz CT molecular complexity index is 1040. The predicted octanol–water partition coefficient (Wildman–Crippen LogP) is 4.59. The SMILES string of the molecule is O=C(N/N=C/c1cc(Br)ccc1OC(=O)c1ccccc1)c1cncc(Br)c1. The van der Waals surface area contributed by atoms with Crippen LogP contribution in [0.15, 0.2) is 81.0 Å². The molecule has 6 nitrogen and oxygen atoms in total. The Balaban J connectivity index is 1.74. The molecule has 0 radical (unpaired) electrons. The van der Waals surface area contributed by atoms with Crippen LogP contribution in [0, 0.1) is 0 Å². The average Bonchev–Trinajstić information content (AvgIpc) is 2.70. The van der Waals surface area contributed by atoms with Crippen LogP contribution in [0.1, 0.15) is 26.3 Å².